The molecule has 0 saturated heterocycles. The van der Waals surface area contributed by atoms with Crippen molar-refractivity contribution in [3.05, 3.63) is 36.0 Å². The number of amides is 1. The Morgan fingerprint density at radius 1 is 1.31 bits per heavy atom. The zero-order chi connectivity index (χ0) is 21.7. The summed E-state index contributed by atoms with van der Waals surface area (Å²) in [6.07, 6.45) is -2.61. The molecule has 0 aromatic heterocycles. The molecule has 12 heteroatoms. The summed E-state index contributed by atoms with van der Waals surface area (Å²) < 4.78 is 66.8. The number of nitrogens with one attached hydrogen (secondary N) is 1. The first kappa shape index (κ1) is 23.0. The molecule has 1 unspecified atom stereocenters. The predicted molar refractivity (Wildman–Crippen MR) is 96.7 cm³/mol. The number of ether oxygens (including phenoxy) is 1. The van der Waals surface area contributed by atoms with Gasteiger partial charge in [0.15, 0.2) is 6.10 Å². The minimum atomic E-state index is -4.85. The van der Waals surface area contributed by atoms with Crippen molar-refractivity contribution in [2.24, 2.45) is 5.73 Å². The van der Waals surface area contributed by atoms with Gasteiger partial charge in [0.1, 0.15) is 5.75 Å². The molecule has 1 aromatic rings. The maximum Gasteiger partial charge on any atom is 0.573 e. The van der Waals surface area contributed by atoms with Crippen LogP contribution in [0.2, 0.25) is 0 Å². The van der Waals surface area contributed by atoms with E-state index >= 15 is 0 Å². The molecule has 1 aliphatic rings. The Morgan fingerprint density at radius 3 is 2.45 bits per heavy atom. The van der Waals surface area contributed by atoms with Crippen molar-refractivity contribution in [3.63, 3.8) is 0 Å². The molecule has 0 fully saturated rings. The number of carbonyl (C=O) groups excluding carboxylic acids is 1. The number of nitrogens with two attached hydrogens (primary N) is 1. The lowest BCUT2D eigenvalue weighted by molar-refractivity contribution is -0.274. The van der Waals surface area contributed by atoms with Crippen LogP contribution in [0.25, 0.3) is 0 Å². The van der Waals surface area contributed by atoms with Crippen LogP contribution in [-0.2, 0) is 19.7 Å². The van der Waals surface area contributed by atoms with Crippen LogP contribution in [-0.4, -0.2) is 44.2 Å². The number of alkyl halides is 3. The molecule has 0 spiro atoms. The van der Waals surface area contributed by atoms with E-state index in [1.807, 2.05) is 6.92 Å². The number of sulfonamides is 1. The Bertz CT molecular complexity index is 841. The molecular formula is C17H22F3N3O5S. The fourth-order valence-electron chi connectivity index (χ4n) is 2.59. The number of rotatable bonds is 9. The Hall–Kier alpha value is -2.31. The average molecular weight is 437 g/mol. The van der Waals surface area contributed by atoms with Gasteiger partial charge in [0.25, 0.3) is 0 Å². The smallest absolute Gasteiger partial charge is 0.406 e. The normalized spacial score (nSPS) is 16.8. The topological polar surface area (TPSA) is 111 Å². The molecule has 3 N–H and O–H groups in total. The van der Waals surface area contributed by atoms with E-state index in [1.54, 1.807) is 6.08 Å². The van der Waals surface area contributed by atoms with E-state index in [1.165, 1.54) is 4.31 Å². The van der Waals surface area contributed by atoms with Crippen LogP contribution < -0.4 is 16.0 Å². The molecule has 1 amide bonds. The highest BCUT2D eigenvalue weighted by Gasteiger charge is 2.32. The SMILES string of the molecule is CCCC(ONC1=CCN(S(=O)(=O)c2ccc(OC(F)(F)F)cc2)CC1)C(N)=O. The lowest BCUT2D eigenvalue weighted by Gasteiger charge is -2.26. The summed E-state index contributed by atoms with van der Waals surface area (Å²) >= 11 is 0. The van der Waals surface area contributed by atoms with Gasteiger partial charge in [-0.2, -0.15) is 4.31 Å². The number of hydroxylamine groups is 1. The fourth-order valence-corrected chi connectivity index (χ4v) is 3.97. The van der Waals surface area contributed by atoms with Crippen molar-refractivity contribution in [3.8, 4) is 5.75 Å². The molecule has 1 aromatic carbocycles. The lowest BCUT2D eigenvalue weighted by Crippen LogP contribution is -2.39. The van der Waals surface area contributed by atoms with Gasteiger partial charge in [-0.3, -0.25) is 15.1 Å². The average Bonchev–Trinajstić information content (AvgIpc) is 2.64. The third kappa shape index (κ3) is 6.61. The quantitative estimate of drug-likeness (QED) is 0.572. The number of benzene rings is 1. The van der Waals surface area contributed by atoms with Crippen molar-refractivity contribution in [1.82, 2.24) is 9.79 Å². The molecule has 8 nitrogen and oxygen atoms in total. The maximum atomic E-state index is 12.7. The van der Waals surface area contributed by atoms with Gasteiger partial charge < -0.3 is 10.5 Å². The van der Waals surface area contributed by atoms with Gasteiger partial charge in [0.05, 0.1) is 4.90 Å². The second-order valence-electron chi connectivity index (χ2n) is 6.26. The molecule has 162 valence electrons. The molecule has 0 saturated carbocycles. The van der Waals surface area contributed by atoms with Gasteiger partial charge in [-0.15, -0.1) is 13.2 Å². The number of nitrogens with zero attached hydrogens (tertiary/aromatic N) is 1. The van der Waals surface area contributed by atoms with Gasteiger partial charge >= 0.3 is 6.36 Å². The first-order valence-electron chi connectivity index (χ1n) is 8.79. The fraction of sp³-hybridized carbons (Fsp3) is 0.471. The summed E-state index contributed by atoms with van der Waals surface area (Å²) in [4.78, 5) is 16.4. The number of hydrogen-bond acceptors (Lipinski definition) is 6. The molecular weight excluding hydrogens is 415 g/mol. The molecule has 29 heavy (non-hydrogen) atoms. The molecule has 2 rings (SSSR count). The van der Waals surface area contributed by atoms with Gasteiger partial charge in [0.2, 0.25) is 15.9 Å². The molecule has 1 heterocycles. The highest BCUT2D eigenvalue weighted by atomic mass is 32.2. The van der Waals surface area contributed by atoms with Gasteiger partial charge in [0, 0.05) is 25.2 Å². The number of carbonyl (C=O) groups is 1. The summed E-state index contributed by atoms with van der Waals surface area (Å²) in [5.41, 5.74) is 8.49. The second-order valence-corrected chi connectivity index (χ2v) is 8.20. The van der Waals surface area contributed by atoms with Crippen molar-refractivity contribution in [1.29, 1.82) is 0 Å². The van der Waals surface area contributed by atoms with E-state index in [2.05, 4.69) is 10.2 Å². The van der Waals surface area contributed by atoms with Gasteiger partial charge in [-0.25, -0.2) is 8.42 Å². The van der Waals surface area contributed by atoms with E-state index in [9.17, 15) is 26.4 Å². The highest BCUT2D eigenvalue weighted by molar-refractivity contribution is 7.89. The van der Waals surface area contributed by atoms with Crippen molar-refractivity contribution < 1.29 is 36.0 Å². The van der Waals surface area contributed by atoms with E-state index in [0.29, 0.717) is 25.0 Å². The third-order valence-corrected chi connectivity index (χ3v) is 5.95. The number of hydrogen-bond donors (Lipinski definition) is 2. The Labute approximate surface area is 166 Å². The Balaban J connectivity index is 1.99. The summed E-state index contributed by atoms with van der Waals surface area (Å²) in [6, 6.07) is 4.00. The first-order chi connectivity index (χ1) is 13.5. The molecule has 0 radical (unpaired) electrons. The largest absolute Gasteiger partial charge is 0.573 e. The number of halogens is 3. The zero-order valence-electron chi connectivity index (χ0n) is 15.6. The molecule has 0 aliphatic carbocycles. The second kappa shape index (κ2) is 9.46. The monoisotopic (exact) mass is 437 g/mol. The maximum absolute atomic E-state index is 12.7. The van der Waals surface area contributed by atoms with E-state index in [4.69, 9.17) is 10.6 Å². The van der Waals surface area contributed by atoms with Gasteiger partial charge in [-0.1, -0.05) is 13.3 Å². The standard InChI is InChI=1S/C17H22F3N3O5S/c1-2-3-15(16(21)24)28-22-12-8-10-23(11-9-12)29(25,26)14-6-4-13(5-7-14)27-17(18,19)20/h4-8,15,22H,2-3,9-11H2,1H3,(H2,21,24). The van der Waals surface area contributed by atoms with Crippen LogP contribution in [0.1, 0.15) is 26.2 Å². The van der Waals surface area contributed by atoms with Crippen LogP contribution in [0.4, 0.5) is 13.2 Å². The minimum Gasteiger partial charge on any atom is -0.406 e. The summed E-state index contributed by atoms with van der Waals surface area (Å²) in [7, 11) is -3.89. The Morgan fingerprint density at radius 2 is 1.97 bits per heavy atom. The predicted octanol–water partition coefficient (Wildman–Crippen LogP) is 2.04. The molecule has 1 aliphatic heterocycles. The summed E-state index contributed by atoms with van der Waals surface area (Å²) in [5, 5.41) is 0. The first-order valence-corrected chi connectivity index (χ1v) is 10.2. The van der Waals surface area contributed by atoms with Crippen molar-refractivity contribution in [2.45, 2.75) is 43.5 Å². The van der Waals surface area contributed by atoms with Gasteiger partial charge in [-0.05, 0) is 36.8 Å². The summed E-state index contributed by atoms with van der Waals surface area (Å²) in [6.45, 7) is 2.04. The van der Waals surface area contributed by atoms with E-state index in [0.717, 1.165) is 24.3 Å². The third-order valence-electron chi connectivity index (χ3n) is 4.07. The minimum absolute atomic E-state index is 0.0316. The zero-order valence-corrected chi connectivity index (χ0v) is 16.4. The van der Waals surface area contributed by atoms with Crippen LogP contribution in [0, 0.1) is 0 Å². The van der Waals surface area contributed by atoms with Crippen LogP contribution in [0.5, 0.6) is 5.75 Å². The van der Waals surface area contributed by atoms with Crippen molar-refractivity contribution in [2.75, 3.05) is 13.1 Å². The highest BCUT2D eigenvalue weighted by Crippen LogP contribution is 2.26. The lowest BCUT2D eigenvalue weighted by atomic mass is 10.2. The molecule has 0 bridgehead atoms. The van der Waals surface area contributed by atoms with E-state index in [-0.39, 0.29) is 18.0 Å². The number of primary amides is 1. The van der Waals surface area contributed by atoms with Crippen LogP contribution >= 0.6 is 0 Å². The van der Waals surface area contributed by atoms with Crippen LogP contribution in [0.15, 0.2) is 40.9 Å². The van der Waals surface area contributed by atoms with E-state index < -0.39 is 34.1 Å². The van der Waals surface area contributed by atoms with Crippen LogP contribution in [0.3, 0.4) is 0 Å². The van der Waals surface area contributed by atoms with Crippen molar-refractivity contribution >= 4 is 15.9 Å². The molecule has 1 atom stereocenters. The summed E-state index contributed by atoms with van der Waals surface area (Å²) in [5.74, 6) is -1.10. The Kier molecular flexibility index (Phi) is 7.49.